The molecule has 3 heterocycles. The summed E-state index contributed by atoms with van der Waals surface area (Å²) < 4.78 is 34.6. The van der Waals surface area contributed by atoms with Crippen LogP contribution in [-0.4, -0.2) is 193 Å². The molecule has 12 N–H and O–H groups in total. The van der Waals surface area contributed by atoms with Crippen molar-refractivity contribution in [3.8, 4) is 0 Å². The summed E-state index contributed by atoms with van der Waals surface area (Å²) in [4.78, 5) is 13.5. The Morgan fingerprint density at radius 1 is 0.330 bits per heavy atom. The second-order valence-corrected chi connectivity index (χ2v) is 32.4. The average Bonchev–Trinajstić information content (AvgIpc) is 0.779. The summed E-state index contributed by atoms with van der Waals surface area (Å²) in [5, 5.41) is 121. The van der Waals surface area contributed by atoms with E-state index in [1.165, 1.54) is 327 Å². The van der Waals surface area contributed by atoms with Crippen LogP contribution >= 0.6 is 0 Å². The lowest BCUT2D eigenvalue weighted by molar-refractivity contribution is -0.379. The van der Waals surface area contributed by atoms with Crippen LogP contribution in [0.15, 0.2) is 12.2 Å². The molecule has 0 bridgehead atoms. The van der Waals surface area contributed by atoms with Gasteiger partial charge in [-0.3, -0.25) is 4.79 Å². The normalized spacial score (nSPS) is 25.6. The predicted octanol–water partition coefficient (Wildman–Crippen LogP) is 16.7. The standard InChI is InChI=1S/C87H167NO18/c1-3-5-7-9-11-13-15-17-19-21-23-25-27-29-31-32-33-34-35-36-37-38-39-41-43-45-47-49-51-53-55-57-59-61-63-65-75(93)88-70(71(92)64-62-60-58-56-54-52-50-48-46-44-42-40-30-28-26-24-22-20-18-16-14-12-10-8-6-4-2)69-101-85-81(99)78(96)83(73(67-90)103-85)106-87-82(100)79(97)84(74(68-91)104-87)105-86-80(98)77(95)76(94)72(66-89)102-86/h21,23,70-74,76-87,89-92,94-100H,3-20,22,24-69H2,1-2H3,(H,88,93)/b23-21-. The second-order valence-electron chi connectivity index (χ2n) is 32.4. The fraction of sp³-hybridized carbons (Fsp3) is 0.966. The summed E-state index contributed by atoms with van der Waals surface area (Å²) in [5.74, 6) is -0.232. The van der Waals surface area contributed by atoms with Gasteiger partial charge in [-0.25, -0.2) is 0 Å². The molecule has 17 atom stereocenters. The highest BCUT2D eigenvalue weighted by Crippen LogP contribution is 2.34. The van der Waals surface area contributed by atoms with E-state index in [1.807, 2.05) is 0 Å². The number of carbonyl (C=O) groups is 1. The zero-order valence-corrected chi connectivity index (χ0v) is 67.7. The number of allylic oxidation sites excluding steroid dienone is 2. The van der Waals surface area contributed by atoms with E-state index in [1.54, 1.807) is 0 Å². The summed E-state index contributed by atoms with van der Waals surface area (Å²) >= 11 is 0. The number of unbranched alkanes of at least 4 members (excludes halogenated alkanes) is 56. The van der Waals surface area contributed by atoms with Gasteiger partial charge in [-0.2, -0.15) is 0 Å². The third-order valence-electron chi connectivity index (χ3n) is 22.8. The Morgan fingerprint density at radius 2 is 0.594 bits per heavy atom. The van der Waals surface area contributed by atoms with Gasteiger partial charge in [0, 0.05) is 6.42 Å². The highest BCUT2D eigenvalue weighted by Gasteiger charge is 2.54. The van der Waals surface area contributed by atoms with Crippen LogP contribution in [0, 0.1) is 0 Å². The van der Waals surface area contributed by atoms with Crippen LogP contribution in [0.4, 0.5) is 0 Å². The monoisotopic (exact) mass is 1510 g/mol. The molecule has 19 nitrogen and oxygen atoms in total. The van der Waals surface area contributed by atoms with Gasteiger partial charge in [-0.1, -0.05) is 373 Å². The Morgan fingerprint density at radius 3 is 0.915 bits per heavy atom. The first-order valence-corrected chi connectivity index (χ1v) is 44.9. The van der Waals surface area contributed by atoms with Gasteiger partial charge in [0.15, 0.2) is 18.9 Å². The fourth-order valence-electron chi connectivity index (χ4n) is 15.7. The van der Waals surface area contributed by atoms with Gasteiger partial charge in [-0.05, 0) is 38.5 Å². The number of aliphatic hydroxyl groups excluding tert-OH is 11. The molecular formula is C87H167NO18. The molecule has 0 spiro atoms. The van der Waals surface area contributed by atoms with Gasteiger partial charge in [0.1, 0.15) is 73.2 Å². The zero-order chi connectivity index (χ0) is 76.7. The third kappa shape index (κ3) is 46.6. The molecule has 3 aliphatic rings. The zero-order valence-electron chi connectivity index (χ0n) is 67.7. The molecule has 0 saturated carbocycles. The van der Waals surface area contributed by atoms with Crippen molar-refractivity contribution >= 4 is 5.91 Å². The van der Waals surface area contributed by atoms with Crippen molar-refractivity contribution in [2.45, 2.75) is 510 Å². The maximum Gasteiger partial charge on any atom is 0.220 e. The van der Waals surface area contributed by atoms with Crippen LogP contribution in [0.3, 0.4) is 0 Å². The number of carbonyl (C=O) groups excluding carboxylic acids is 1. The molecule has 3 aliphatic heterocycles. The molecule has 3 fully saturated rings. The predicted molar refractivity (Wildman–Crippen MR) is 425 cm³/mol. The number of aliphatic hydroxyl groups is 11. The van der Waals surface area contributed by atoms with Crippen molar-refractivity contribution < 1.29 is 89.4 Å². The maximum atomic E-state index is 13.5. The Hall–Kier alpha value is -1.47. The van der Waals surface area contributed by atoms with E-state index in [-0.39, 0.29) is 18.9 Å². The van der Waals surface area contributed by atoms with Crippen LogP contribution in [0.5, 0.6) is 0 Å². The van der Waals surface area contributed by atoms with Crippen molar-refractivity contribution in [2.24, 2.45) is 0 Å². The molecule has 3 saturated heterocycles. The van der Waals surface area contributed by atoms with Crippen LogP contribution in [-0.2, 0) is 33.2 Å². The minimum atomic E-state index is -1.97. The minimum Gasteiger partial charge on any atom is -0.394 e. The second kappa shape index (κ2) is 68.0. The summed E-state index contributed by atoms with van der Waals surface area (Å²) in [6, 6.07) is -0.885. The van der Waals surface area contributed by atoms with Crippen LogP contribution in [0.25, 0.3) is 0 Å². The van der Waals surface area contributed by atoms with Crippen molar-refractivity contribution in [1.82, 2.24) is 5.32 Å². The average molecular weight is 1520 g/mol. The van der Waals surface area contributed by atoms with Crippen molar-refractivity contribution in [3.05, 3.63) is 12.2 Å². The third-order valence-corrected chi connectivity index (χ3v) is 22.8. The molecular weight excluding hydrogens is 1350 g/mol. The van der Waals surface area contributed by atoms with Gasteiger partial charge in [0.2, 0.25) is 5.91 Å². The number of amides is 1. The highest BCUT2D eigenvalue weighted by molar-refractivity contribution is 5.76. The number of ether oxygens (including phenoxy) is 6. The van der Waals surface area contributed by atoms with Crippen LogP contribution < -0.4 is 5.32 Å². The van der Waals surface area contributed by atoms with Crippen molar-refractivity contribution in [1.29, 1.82) is 0 Å². The topological polar surface area (TPSA) is 307 Å². The molecule has 106 heavy (non-hydrogen) atoms. The summed E-state index contributed by atoms with van der Waals surface area (Å²) in [6.07, 6.45) is 56.1. The lowest BCUT2D eigenvalue weighted by Crippen LogP contribution is -2.66. The lowest BCUT2D eigenvalue weighted by atomic mass is 9.96. The molecule has 0 radical (unpaired) electrons. The Kier molecular flexibility index (Phi) is 63.3. The van der Waals surface area contributed by atoms with E-state index in [0.29, 0.717) is 12.8 Å². The molecule has 628 valence electrons. The fourth-order valence-corrected chi connectivity index (χ4v) is 15.7. The Bertz CT molecular complexity index is 1960. The van der Waals surface area contributed by atoms with Gasteiger partial charge in [0.05, 0.1) is 38.6 Å². The van der Waals surface area contributed by atoms with Crippen LogP contribution in [0.2, 0.25) is 0 Å². The summed E-state index contributed by atoms with van der Waals surface area (Å²) in [5.41, 5.74) is 0. The van der Waals surface area contributed by atoms with Gasteiger partial charge < -0.3 is 89.9 Å². The van der Waals surface area contributed by atoms with Gasteiger partial charge in [0.25, 0.3) is 0 Å². The van der Waals surface area contributed by atoms with E-state index < -0.39 is 124 Å². The molecule has 0 aromatic heterocycles. The van der Waals surface area contributed by atoms with E-state index in [4.69, 9.17) is 28.4 Å². The summed E-state index contributed by atoms with van der Waals surface area (Å²) in [7, 11) is 0. The largest absolute Gasteiger partial charge is 0.394 e. The van der Waals surface area contributed by atoms with E-state index in [9.17, 15) is 61.0 Å². The van der Waals surface area contributed by atoms with Crippen LogP contribution in [0.1, 0.15) is 406 Å². The lowest BCUT2D eigenvalue weighted by Gasteiger charge is -2.48. The van der Waals surface area contributed by atoms with E-state index in [0.717, 1.165) is 44.9 Å². The first-order chi connectivity index (χ1) is 51.8. The van der Waals surface area contributed by atoms with Crippen molar-refractivity contribution in [3.63, 3.8) is 0 Å². The number of rotatable bonds is 74. The molecule has 1 amide bonds. The maximum absolute atomic E-state index is 13.5. The number of hydrogen-bond donors (Lipinski definition) is 12. The first-order valence-electron chi connectivity index (χ1n) is 44.9. The molecule has 0 aromatic carbocycles. The minimum absolute atomic E-state index is 0.232. The first kappa shape index (κ1) is 98.7. The molecule has 0 aliphatic carbocycles. The van der Waals surface area contributed by atoms with E-state index >= 15 is 0 Å². The molecule has 19 heteroatoms. The smallest absolute Gasteiger partial charge is 0.220 e. The number of nitrogens with one attached hydrogen (secondary N) is 1. The van der Waals surface area contributed by atoms with Gasteiger partial charge in [-0.15, -0.1) is 0 Å². The Balaban J connectivity index is 1.31. The van der Waals surface area contributed by atoms with Gasteiger partial charge >= 0.3 is 0 Å². The molecule has 0 aromatic rings. The van der Waals surface area contributed by atoms with Crippen molar-refractivity contribution in [2.75, 3.05) is 26.4 Å². The quantitative estimate of drug-likeness (QED) is 0.0199. The molecule has 17 unspecified atom stereocenters. The van der Waals surface area contributed by atoms with E-state index in [2.05, 4.69) is 31.3 Å². The Labute approximate surface area is 646 Å². The number of hydrogen-bond acceptors (Lipinski definition) is 18. The molecule has 3 rings (SSSR count). The summed E-state index contributed by atoms with van der Waals surface area (Å²) in [6.45, 7) is 1.88. The SMILES string of the molecule is CCCCCCCCCC/C=C\CCCCCCCCCCCCCCCCCCCCCCCCCC(=O)NC(COC1OC(CO)C(OC2OC(CO)C(OC3OC(CO)C(O)C(O)C3O)C(O)C2O)C(O)C1O)C(O)CCCCCCCCCCCCCCCCCCCCCCCCCCCC. The highest BCUT2D eigenvalue weighted by atomic mass is 16.8.